The van der Waals surface area contributed by atoms with Gasteiger partial charge >= 0.3 is 0 Å². The van der Waals surface area contributed by atoms with Crippen molar-refractivity contribution < 1.29 is 9.59 Å². The Labute approximate surface area is 149 Å². The van der Waals surface area contributed by atoms with Crippen molar-refractivity contribution in [3.63, 3.8) is 0 Å². The number of anilines is 1. The Morgan fingerprint density at radius 2 is 1.92 bits per heavy atom. The van der Waals surface area contributed by atoms with Gasteiger partial charge in [-0.2, -0.15) is 5.10 Å². The minimum atomic E-state index is -0.154. The van der Waals surface area contributed by atoms with Crippen LogP contribution in [0.3, 0.4) is 0 Å². The van der Waals surface area contributed by atoms with Gasteiger partial charge in [-0.05, 0) is 36.3 Å². The largest absolute Gasteiger partial charge is 0.321 e. The van der Waals surface area contributed by atoms with Gasteiger partial charge in [0.05, 0.1) is 11.0 Å². The van der Waals surface area contributed by atoms with E-state index >= 15 is 0 Å². The molecule has 4 rings (SSSR count). The number of rotatable bonds is 2. The van der Waals surface area contributed by atoms with E-state index in [1.165, 1.54) is 11.8 Å². The molecule has 0 radical (unpaired) electrons. The lowest BCUT2D eigenvalue weighted by molar-refractivity contribution is -0.110. The highest BCUT2D eigenvalue weighted by Crippen LogP contribution is 2.35. The van der Waals surface area contributed by atoms with Crippen molar-refractivity contribution in [2.75, 3.05) is 5.32 Å². The number of thioether (sulfide) groups is 1. The quantitative estimate of drug-likeness (QED) is 0.812. The van der Waals surface area contributed by atoms with E-state index in [2.05, 4.69) is 15.8 Å². The third kappa shape index (κ3) is 2.96. The van der Waals surface area contributed by atoms with Crippen molar-refractivity contribution in [2.45, 2.75) is 12.2 Å². The van der Waals surface area contributed by atoms with Gasteiger partial charge in [0.25, 0.3) is 11.1 Å². The van der Waals surface area contributed by atoms with E-state index in [4.69, 9.17) is 0 Å². The summed E-state index contributed by atoms with van der Waals surface area (Å²) in [4.78, 5) is 23.8. The number of hydrazone groups is 1. The lowest BCUT2D eigenvalue weighted by Gasteiger charge is -2.18. The van der Waals surface area contributed by atoms with Crippen LogP contribution in [0.1, 0.15) is 23.6 Å². The molecular formula is C19H15N3O2S. The second kappa shape index (κ2) is 6.22. The molecule has 2 aromatic carbocycles. The topological polar surface area (TPSA) is 70.6 Å². The molecule has 2 aromatic rings. The Morgan fingerprint density at radius 1 is 1.12 bits per heavy atom. The molecule has 0 bridgehead atoms. The van der Waals surface area contributed by atoms with Crippen LogP contribution >= 0.6 is 11.8 Å². The highest BCUT2D eigenvalue weighted by molar-refractivity contribution is 8.14. The molecule has 2 N–H and O–H groups in total. The van der Waals surface area contributed by atoms with E-state index in [-0.39, 0.29) is 16.4 Å². The predicted octanol–water partition coefficient (Wildman–Crippen LogP) is 3.73. The molecule has 0 aromatic heterocycles. The minimum absolute atomic E-state index is 0.0431. The van der Waals surface area contributed by atoms with E-state index in [1.807, 2.05) is 61.5 Å². The fourth-order valence-electron chi connectivity index (χ4n) is 2.95. The fourth-order valence-corrected chi connectivity index (χ4v) is 3.67. The maximum Gasteiger partial charge on any atom is 0.299 e. The van der Waals surface area contributed by atoms with Gasteiger partial charge in [-0.1, -0.05) is 48.2 Å². The number of fused-ring (bicyclic) bond motifs is 1. The molecule has 2 aliphatic rings. The molecule has 0 saturated heterocycles. The number of hydrogen-bond acceptors (Lipinski definition) is 4. The van der Waals surface area contributed by atoms with Crippen LogP contribution in [0.4, 0.5) is 10.5 Å². The zero-order chi connectivity index (χ0) is 17.4. The van der Waals surface area contributed by atoms with Crippen molar-refractivity contribution in [1.82, 2.24) is 5.43 Å². The van der Waals surface area contributed by atoms with Crippen LogP contribution in [0.25, 0.3) is 11.6 Å². The number of carbonyl (C=O) groups excluding carboxylic acids is 2. The number of amides is 2. The molecule has 0 saturated carbocycles. The lowest BCUT2D eigenvalue weighted by atomic mass is 9.99. The van der Waals surface area contributed by atoms with Crippen molar-refractivity contribution in [2.24, 2.45) is 5.10 Å². The summed E-state index contributed by atoms with van der Waals surface area (Å²) >= 11 is 1.20. The third-order valence-electron chi connectivity index (χ3n) is 4.15. The number of hydrogen-bond donors (Lipinski definition) is 2. The van der Waals surface area contributed by atoms with Gasteiger partial charge in [0, 0.05) is 16.8 Å². The van der Waals surface area contributed by atoms with E-state index in [9.17, 15) is 9.59 Å². The Balaban J connectivity index is 1.76. The summed E-state index contributed by atoms with van der Waals surface area (Å²) in [5.41, 5.74) is 7.43. The third-order valence-corrected chi connectivity index (χ3v) is 5.03. The normalized spacial score (nSPS) is 20.8. The minimum Gasteiger partial charge on any atom is -0.321 e. The molecule has 124 valence electrons. The van der Waals surface area contributed by atoms with E-state index < -0.39 is 0 Å². The molecule has 5 nitrogen and oxygen atoms in total. The summed E-state index contributed by atoms with van der Waals surface area (Å²) in [6.07, 6.45) is 1.88. The lowest BCUT2D eigenvalue weighted by Crippen LogP contribution is -2.29. The summed E-state index contributed by atoms with van der Waals surface area (Å²) in [6, 6.07) is 15.5. The second-order valence-electron chi connectivity index (χ2n) is 5.84. The van der Waals surface area contributed by atoms with Crippen LogP contribution in [0, 0.1) is 0 Å². The molecule has 2 heterocycles. The number of nitrogens with one attached hydrogen (secondary N) is 2. The zero-order valence-corrected chi connectivity index (χ0v) is 14.3. The SMILES string of the molecule is CC1SC(=O)NN=C1c1ccc2c(c1)C(=Cc1ccccc1)C(=O)N2. The second-order valence-corrected chi connectivity index (χ2v) is 7.15. The Morgan fingerprint density at radius 3 is 2.68 bits per heavy atom. The van der Waals surface area contributed by atoms with E-state index in [0.29, 0.717) is 5.57 Å². The van der Waals surface area contributed by atoms with Gasteiger partial charge in [-0.15, -0.1) is 0 Å². The van der Waals surface area contributed by atoms with E-state index in [0.717, 1.165) is 28.1 Å². The summed E-state index contributed by atoms with van der Waals surface area (Å²) in [5, 5.41) is 6.88. The number of benzene rings is 2. The van der Waals surface area contributed by atoms with Crippen molar-refractivity contribution in [1.29, 1.82) is 0 Å². The van der Waals surface area contributed by atoms with Crippen molar-refractivity contribution in [3.05, 3.63) is 65.2 Å². The van der Waals surface area contributed by atoms with Crippen LogP contribution < -0.4 is 10.7 Å². The molecule has 6 heteroatoms. The number of nitrogens with zero attached hydrogens (tertiary/aromatic N) is 1. The van der Waals surface area contributed by atoms with Gasteiger partial charge in [-0.3, -0.25) is 9.59 Å². The first-order valence-corrected chi connectivity index (χ1v) is 8.77. The Bertz CT molecular complexity index is 935. The van der Waals surface area contributed by atoms with Gasteiger partial charge < -0.3 is 5.32 Å². The number of carbonyl (C=O) groups is 2. The standard InChI is InChI=1S/C19H15N3O2S/c1-11-17(21-22-19(24)25-11)13-7-8-16-14(10-13)15(18(23)20-16)9-12-5-3-2-4-6-12/h2-11H,1H3,(H,20,23)(H,22,24). The molecule has 2 amide bonds. The first kappa shape index (κ1) is 15.7. The molecule has 0 spiro atoms. The molecule has 0 aliphatic carbocycles. The average Bonchev–Trinajstić information content (AvgIpc) is 2.91. The summed E-state index contributed by atoms with van der Waals surface area (Å²) in [6.45, 7) is 1.94. The van der Waals surface area contributed by atoms with Gasteiger partial charge in [0.2, 0.25) is 0 Å². The molecule has 2 aliphatic heterocycles. The maximum absolute atomic E-state index is 12.4. The fraction of sp³-hybridized carbons (Fsp3) is 0.105. The Hall–Kier alpha value is -2.86. The first-order chi connectivity index (χ1) is 12.1. The predicted molar refractivity (Wildman–Crippen MR) is 102 cm³/mol. The molecule has 25 heavy (non-hydrogen) atoms. The molecule has 1 unspecified atom stereocenters. The van der Waals surface area contributed by atoms with Crippen LogP contribution in [-0.4, -0.2) is 22.1 Å². The van der Waals surface area contributed by atoms with Crippen LogP contribution in [0.15, 0.2) is 53.6 Å². The van der Waals surface area contributed by atoms with Crippen molar-refractivity contribution in [3.8, 4) is 0 Å². The van der Waals surface area contributed by atoms with E-state index in [1.54, 1.807) is 0 Å². The average molecular weight is 349 g/mol. The van der Waals surface area contributed by atoms with Crippen LogP contribution in [0.2, 0.25) is 0 Å². The monoisotopic (exact) mass is 349 g/mol. The van der Waals surface area contributed by atoms with Crippen molar-refractivity contribution >= 4 is 46.0 Å². The molecule has 1 atom stereocenters. The van der Waals surface area contributed by atoms with Crippen LogP contribution in [0.5, 0.6) is 0 Å². The zero-order valence-electron chi connectivity index (χ0n) is 13.4. The summed E-state index contributed by atoms with van der Waals surface area (Å²) in [7, 11) is 0. The molecule has 0 fully saturated rings. The van der Waals surface area contributed by atoms with Gasteiger partial charge in [-0.25, -0.2) is 5.43 Å². The van der Waals surface area contributed by atoms with Gasteiger partial charge in [0.15, 0.2) is 0 Å². The highest BCUT2D eigenvalue weighted by Gasteiger charge is 2.27. The molecular weight excluding hydrogens is 334 g/mol. The van der Waals surface area contributed by atoms with Crippen LogP contribution in [-0.2, 0) is 4.79 Å². The highest BCUT2D eigenvalue weighted by atomic mass is 32.2. The first-order valence-electron chi connectivity index (χ1n) is 7.89. The summed E-state index contributed by atoms with van der Waals surface area (Å²) in [5.74, 6) is -0.114. The van der Waals surface area contributed by atoms with Gasteiger partial charge in [0.1, 0.15) is 0 Å². The smallest absolute Gasteiger partial charge is 0.299 e. The summed E-state index contributed by atoms with van der Waals surface area (Å²) < 4.78 is 0. The Kier molecular flexibility index (Phi) is 3.89. The maximum atomic E-state index is 12.4.